The molecule has 0 aliphatic carbocycles. The summed E-state index contributed by atoms with van der Waals surface area (Å²) in [7, 11) is 0. The number of halogens is 1. The van der Waals surface area contributed by atoms with E-state index in [0.717, 1.165) is 13.1 Å². The molecule has 0 aromatic heterocycles. The summed E-state index contributed by atoms with van der Waals surface area (Å²) in [6.07, 6.45) is 0. The van der Waals surface area contributed by atoms with Crippen molar-refractivity contribution >= 4 is 27.7 Å². The number of nitrogens with zero attached hydrogens (tertiary/aromatic N) is 1. The normalized spacial score (nSPS) is 23.0. The van der Waals surface area contributed by atoms with E-state index < -0.39 is 0 Å². The largest absolute Gasteiger partial charge is 0.329 e. The summed E-state index contributed by atoms with van der Waals surface area (Å²) in [6.45, 7) is 7.38. The Kier molecular flexibility index (Phi) is 5.13. The van der Waals surface area contributed by atoms with Crippen molar-refractivity contribution in [3.8, 4) is 0 Å². The van der Waals surface area contributed by atoms with Crippen molar-refractivity contribution in [1.29, 1.82) is 0 Å². The number of hydrogen-bond donors (Lipinski definition) is 1. The van der Waals surface area contributed by atoms with Gasteiger partial charge in [0, 0.05) is 41.2 Å². The van der Waals surface area contributed by atoms with Gasteiger partial charge < -0.3 is 5.73 Å². The van der Waals surface area contributed by atoms with Gasteiger partial charge in [0.05, 0.1) is 0 Å². The fourth-order valence-electron chi connectivity index (χ4n) is 2.44. The standard InChI is InChI=1S/C14H21BrN2S/c1-10-3-4-12(7-13(10)15)14(8-16)17-5-6-18-11(2)9-17/h3-4,7,11,14H,5-6,8-9,16H2,1-2H3. The summed E-state index contributed by atoms with van der Waals surface area (Å²) in [6, 6.07) is 6.96. The first-order valence-corrected chi connectivity index (χ1v) is 8.27. The van der Waals surface area contributed by atoms with Crippen LogP contribution in [0.5, 0.6) is 0 Å². The van der Waals surface area contributed by atoms with E-state index in [2.05, 4.69) is 64.6 Å². The maximum atomic E-state index is 6.01. The second kappa shape index (κ2) is 6.42. The molecule has 1 aliphatic rings. The Balaban J connectivity index is 2.18. The molecule has 18 heavy (non-hydrogen) atoms. The molecule has 2 unspecified atom stereocenters. The Hall–Kier alpha value is -0.0300. The zero-order chi connectivity index (χ0) is 13.1. The van der Waals surface area contributed by atoms with Crippen LogP contribution in [0.15, 0.2) is 22.7 Å². The number of rotatable bonds is 3. The number of hydrogen-bond acceptors (Lipinski definition) is 3. The second-order valence-corrected chi connectivity index (χ2v) is 7.34. The minimum Gasteiger partial charge on any atom is -0.329 e. The first-order chi connectivity index (χ1) is 8.61. The van der Waals surface area contributed by atoms with Crippen LogP contribution in [0.3, 0.4) is 0 Å². The SMILES string of the molecule is Cc1ccc(C(CN)N2CCSC(C)C2)cc1Br. The van der Waals surface area contributed by atoms with Crippen molar-refractivity contribution in [2.75, 3.05) is 25.4 Å². The van der Waals surface area contributed by atoms with Gasteiger partial charge in [0.2, 0.25) is 0 Å². The third-order valence-corrected chi connectivity index (χ3v) is 5.51. The highest BCUT2D eigenvalue weighted by molar-refractivity contribution is 9.10. The minimum absolute atomic E-state index is 0.352. The maximum Gasteiger partial charge on any atom is 0.0471 e. The summed E-state index contributed by atoms with van der Waals surface area (Å²) >= 11 is 5.67. The van der Waals surface area contributed by atoms with E-state index in [4.69, 9.17) is 5.73 Å². The van der Waals surface area contributed by atoms with E-state index in [1.165, 1.54) is 21.4 Å². The summed E-state index contributed by atoms with van der Waals surface area (Å²) in [4.78, 5) is 2.53. The van der Waals surface area contributed by atoms with Crippen LogP contribution in [-0.4, -0.2) is 35.5 Å². The average molecular weight is 329 g/mol. The Morgan fingerprint density at radius 2 is 2.33 bits per heavy atom. The summed E-state index contributed by atoms with van der Waals surface area (Å²) in [5, 5.41) is 0.710. The van der Waals surface area contributed by atoms with Gasteiger partial charge >= 0.3 is 0 Å². The zero-order valence-corrected chi connectivity index (χ0v) is 13.4. The van der Waals surface area contributed by atoms with Crippen LogP contribution in [-0.2, 0) is 0 Å². The number of thioether (sulfide) groups is 1. The lowest BCUT2D eigenvalue weighted by Crippen LogP contribution is -2.42. The van der Waals surface area contributed by atoms with Gasteiger partial charge in [-0.2, -0.15) is 11.8 Å². The molecule has 2 rings (SSSR count). The Morgan fingerprint density at radius 3 is 2.94 bits per heavy atom. The molecular formula is C14H21BrN2S. The molecule has 1 aromatic rings. The molecule has 4 heteroatoms. The highest BCUT2D eigenvalue weighted by Crippen LogP contribution is 2.29. The van der Waals surface area contributed by atoms with Crippen LogP contribution < -0.4 is 5.73 Å². The van der Waals surface area contributed by atoms with Gasteiger partial charge in [0.15, 0.2) is 0 Å². The molecule has 1 heterocycles. The van der Waals surface area contributed by atoms with Gasteiger partial charge in [-0.3, -0.25) is 4.90 Å². The molecule has 2 N–H and O–H groups in total. The van der Waals surface area contributed by atoms with E-state index in [0.29, 0.717) is 17.8 Å². The predicted molar refractivity (Wildman–Crippen MR) is 84.2 cm³/mol. The van der Waals surface area contributed by atoms with Gasteiger partial charge in [-0.15, -0.1) is 0 Å². The summed E-state index contributed by atoms with van der Waals surface area (Å²) in [5.74, 6) is 1.21. The third-order valence-electron chi connectivity index (χ3n) is 3.52. The molecule has 0 spiro atoms. The van der Waals surface area contributed by atoms with E-state index >= 15 is 0 Å². The van der Waals surface area contributed by atoms with Crippen molar-refractivity contribution in [3.05, 3.63) is 33.8 Å². The monoisotopic (exact) mass is 328 g/mol. The lowest BCUT2D eigenvalue weighted by molar-refractivity contribution is 0.211. The molecule has 1 fully saturated rings. The minimum atomic E-state index is 0.352. The highest BCUT2D eigenvalue weighted by atomic mass is 79.9. The van der Waals surface area contributed by atoms with Crippen molar-refractivity contribution in [2.24, 2.45) is 5.73 Å². The van der Waals surface area contributed by atoms with Crippen molar-refractivity contribution < 1.29 is 0 Å². The molecule has 0 saturated carbocycles. The molecule has 2 nitrogen and oxygen atoms in total. The molecule has 100 valence electrons. The molecule has 0 radical (unpaired) electrons. The molecule has 0 bridgehead atoms. The van der Waals surface area contributed by atoms with Crippen LogP contribution in [0.4, 0.5) is 0 Å². The van der Waals surface area contributed by atoms with Crippen LogP contribution in [0.2, 0.25) is 0 Å². The summed E-state index contributed by atoms with van der Waals surface area (Å²) < 4.78 is 1.18. The highest BCUT2D eigenvalue weighted by Gasteiger charge is 2.24. The van der Waals surface area contributed by atoms with Gasteiger partial charge in [-0.05, 0) is 24.1 Å². The first-order valence-electron chi connectivity index (χ1n) is 6.43. The average Bonchev–Trinajstić information content (AvgIpc) is 2.35. The predicted octanol–water partition coefficient (Wildman–Crippen LogP) is 3.19. The fourth-order valence-corrected chi connectivity index (χ4v) is 3.88. The number of aryl methyl sites for hydroxylation is 1. The van der Waals surface area contributed by atoms with E-state index in [1.54, 1.807) is 0 Å². The Labute approximate surface area is 122 Å². The van der Waals surface area contributed by atoms with Gasteiger partial charge in [0.25, 0.3) is 0 Å². The maximum absolute atomic E-state index is 6.01. The van der Waals surface area contributed by atoms with Gasteiger partial charge in [-0.1, -0.05) is 35.0 Å². The quantitative estimate of drug-likeness (QED) is 0.923. The molecule has 1 aromatic carbocycles. The second-order valence-electron chi connectivity index (χ2n) is 4.94. The van der Waals surface area contributed by atoms with Crippen LogP contribution >= 0.6 is 27.7 Å². The molecule has 0 amide bonds. The van der Waals surface area contributed by atoms with Crippen molar-refractivity contribution in [2.45, 2.75) is 25.1 Å². The lowest BCUT2D eigenvalue weighted by Gasteiger charge is -2.36. The summed E-state index contributed by atoms with van der Waals surface area (Å²) in [5.41, 5.74) is 8.61. The van der Waals surface area contributed by atoms with E-state index in [-0.39, 0.29) is 0 Å². The van der Waals surface area contributed by atoms with E-state index in [1.807, 2.05) is 0 Å². The zero-order valence-electron chi connectivity index (χ0n) is 11.0. The van der Waals surface area contributed by atoms with Crippen molar-refractivity contribution in [3.63, 3.8) is 0 Å². The molecule has 1 aliphatic heterocycles. The Bertz CT molecular complexity index is 411. The van der Waals surface area contributed by atoms with E-state index in [9.17, 15) is 0 Å². The molecule has 2 atom stereocenters. The molecular weight excluding hydrogens is 308 g/mol. The molecule has 1 saturated heterocycles. The van der Waals surface area contributed by atoms with Gasteiger partial charge in [0.1, 0.15) is 0 Å². The number of benzene rings is 1. The number of nitrogens with two attached hydrogens (primary N) is 1. The topological polar surface area (TPSA) is 29.3 Å². The Morgan fingerprint density at radius 1 is 1.56 bits per heavy atom. The van der Waals surface area contributed by atoms with Gasteiger partial charge in [-0.25, -0.2) is 0 Å². The van der Waals surface area contributed by atoms with Crippen molar-refractivity contribution in [1.82, 2.24) is 4.90 Å². The lowest BCUT2D eigenvalue weighted by atomic mass is 10.0. The smallest absolute Gasteiger partial charge is 0.0471 e. The fraction of sp³-hybridized carbons (Fsp3) is 0.571. The van der Waals surface area contributed by atoms with Crippen LogP contribution in [0.25, 0.3) is 0 Å². The first kappa shape index (κ1) is 14.4. The van der Waals surface area contributed by atoms with Crippen LogP contribution in [0.1, 0.15) is 24.1 Å². The third kappa shape index (κ3) is 3.29. The van der Waals surface area contributed by atoms with Crippen LogP contribution in [0, 0.1) is 6.92 Å².